The predicted molar refractivity (Wildman–Crippen MR) is 105 cm³/mol. The molecule has 0 aromatic heterocycles. The molecule has 3 aromatic carbocycles. The van der Waals surface area contributed by atoms with Crippen LogP contribution in [0.25, 0.3) is 0 Å². The van der Waals surface area contributed by atoms with Gasteiger partial charge in [0.05, 0.1) is 5.02 Å². The molecule has 0 saturated heterocycles. The maximum absolute atomic E-state index is 13.2. The summed E-state index contributed by atoms with van der Waals surface area (Å²) in [5.74, 6) is -1.31. The number of carbonyl (C=O) groups is 2. The number of rotatable bonds is 4. The second-order valence-corrected chi connectivity index (χ2v) is 6.39. The molecule has 0 aliphatic heterocycles. The van der Waals surface area contributed by atoms with Crippen molar-refractivity contribution in [2.24, 2.45) is 0 Å². The van der Waals surface area contributed by atoms with E-state index in [4.69, 9.17) is 11.6 Å². The van der Waals surface area contributed by atoms with E-state index in [2.05, 4.69) is 10.6 Å². The Morgan fingerprint density at radius 1 is 0.815 bits per heavy atom. The molecule has 2 amide bonds. The second-order valence-electron chi connectivity index (χ2n) is 5.98. The maximum atomic E-state index is 13.2. The summed E-state index contributed by atoms with van der Waals surface area (Å²) < 4.78 is 13.2. The first-order valence-electron chi connectivity index (χ1n) is 8.17. The number of halogens is 2. The molecule has 4 nitrogen and oxygen atoms in total. The average molecular weight is 383 g/mol. The van der Waals surface area contributed by atoms with Crippen molar-refractivity contribution in [2.45, 2.75) is 6.92 Å². The van der Waals surface area contributed by atoms with E-state index in [9.17, 15) is 14.0 Å². The summed E-state index contributed by atoms with van der Waals surface area (Å²) in [5.41, 5.74) is 2.77. The standard InChI is InChI=1S/C21H16ClFN2O2/c1-13-5-7-16(8-6-13)24-20(26)14-3-2-4-15(11-14)21(27)25-17-9-10-19(23)18(22)12-17/h2-12H,1H3,(H,24,26)(H,25,27). The fourth-order valence-electron chi connectivity index (χ4n) is 2.42. The summed E-state index contributed by atoms with van der Waals surface area (Å²) in [6.45, 7) is 1.96. The van der Waals surface area contributed by atoms with Crippen LogP contribution in [0.3, 0.4) is 0 Å². The maximum Gasteiger partial charge on any atom is 0.255 e. The van der Waals surface area contributed by atoms with Crippen molar-refractivity contribution in [3.05, 3.63) is 94.3 Å². The summed E-state index contributed by atoms with van der Waals surface area (Å²) >= 11 is 5.72. The first-order valence-corrected chi connectivity index (χ1v) is 8.54. The minimum Gasteiger partial charge on any atom is -0.322 e. The highest BCUT2D eigenvalue weighted by atomic mass is 35.5. The molecule has 0 aliphatic rings. The van der Waals surface area contributed by atoms with Crippen LogP contribution in [-0.2, 0) is 0 Å². The summed E-state index contributed by atoms with van der Waals surface area (Å²) in [5, 5.41) is 5.33. The largest absolute Gasteiger partial charge is 0.322 e. The SMILES string of the molecule is Cc1ccc(NC(=O)c2cccc(C(=O)Nc3ccc(F)c(Cl)c3)c2)cc1. The van der Waals surface area contributed by atoms with Gasteiger partial charge in [-0.3, -0.25) is 9.59 Å². The number of anilines is 2. The van der Waals surface area contributed by atoms with Gasteiger partial charge in [0.25, 0.3) is 11.8 Å². The predicted octanol–water partition coefficient (Wildman–Crippen LogP) is 5.29. The van der Waals surface area contributed by atoms with E-state index in [0.29, 0.717) is 22.5 Å². The molecule has 3 aromatic rings. The Hall–Kier alpha value is -3.18. The van der Waals surface area contributed by atoms with Crippen molar-refractivity contribution in [3.8, 4) is 0 Å². The molecule has 0 saturated carbocycles. The Morgan fingerprint density at radius 3 is 1.96 bits per heavy atom. The van der Waals surface area contributed by atoms with E-state index in [1.165, 1.54) is 24.3 Å². The van der Waals surface area contributed by atoms with Gasteiger partial charge in [0.1, 0.15) is 5.82 Å². The lowest BCUT2D eigenvalue weighted by molar-refractivity contribution is 0.102. The highest BCUT2D eigenvalue weighted by Gasteiger charge is 2.12. The first-order chi connectivity index (χ1) is 12.9. The van der Waals surface area contributed by atoms with Gasteiger partial charge in [0, 0.05) is 22.5 Å². The fourth-order valence-corrected chi connectivity index (χ4v) is 2.60. The quantitative estimate of drug-likeness (QED) is 0.644. The molecule has 0 atom stereocenters. The van der Waals surface area contributed by atoms with Crippen LogP contribution in [0.15, 0.2) is 66.7 Å². The average Bonchev–Trinajstić information content (AvgIpc) is 2.66. The van der Waals surface area contributed by atoms with Crippen LogP contribution in [0.1, 0.15) is 26.3 Å². The van der Waals surface area contributed by atoms with Gasteiger partial charge in [-0.2, -0.15) is 0 Å². The van der Waals surface area contributed by atoms with Crippen LogP contribution in [0, 0.1) is 12.7 Å². The van der Waals surface area contributed by atoms with E-state index in [0.717, 1.165) is 5.56 Å². The van der Waals surface area contributed by atoms with Crippen molar-refractivity contribution in [2.75, 3.05) is 10.6 Å². The molecule has 0 bridgehead atoms. The molecule has 0 aliphatic carbocycles. The molecular weight excluding hydrogens is 367 g/mol. The zero-order valence-corrected chi connectivity index (χ0v) is 15.2. The van der Waals surface area contributed by atoms with Crippen molar-refractivity contribution < 1.29 is 14.0 Å². The molecule has 0 radical (unpaired) electrons. The Labute approximate surface area is 161 Å². The number of hydrogen-bond acceptors (Lipinski definition) is 2. The van der Waals surface area contributed by atoms with Gasteiger partial charge in [0.2, 0.25) is 0 Å². The third-order valence-electron chi connectivity index (χ3n) is 3.87. The molecular formula is C21H16ClFN2O2. The van der Waals surface area contributed by atoms with E-state index in [-0.39, 0.29) is 10.9 Å². The molecule has 6 heteroatoms. The van der Waals surface area contributed by atoms with Crippen molar-refractivity contribution >= 4 is 34.8 Å². The van der Waals surface area contributed by atoms with Gasteiger partial charge < -0.3 is 10.6 Å². The minimum absolute atomic E-state index is 0.0842. The lowest BCUT2D eigenvalue weighted by Crippen LogP contribution is -2.15. The zero-order chi connectivity index (χ0) is 19.4. The monoisotopic (exact) mass is 382 g/mol. The van der Waals surface area contributed by atoms with Gasteiger partial charge in [-0.1, -0.05) is 35.4 Å². The van der Waals surface area contributed by atoms with E-state index >= 15 is 0 Å². The second kappa shape index (κ2) is 8.01. The van der Waals surface area contributed by atoms with E-state index in [1.807, 2.05) is 31.2 Å². The Balaban J connectivity index is 1.73. The number of aryl methyl sites for hydroxylation is 1. The lowest BCUT2D eigenvalue weighted by Gasteiger charge is -2.09. The number of hydrogen-bond donors (Lipinski definition) is 2. The summed E-state index contributed by atoms with van der Waals surface area (Å²) in [4.78, 5) is 24.8. The highest BCUT2D eigenvalue weighted by Crippen LogP contribution is 2.20. The van der Waals surface area contributed by atoms with E-state index < -0.39 is 11.7 Å². The molecule has 0 fully saturated rings. The Bertz CT molecular complexity index is 1000. The van der Waals surface area contributed by atoms with Gasteiger partial charge >= 0.3 is 0 Å². The third-order valence-corrected chi connectivity index (χ3v) is 4.16. The van der Waals surface area contributed by atoms with Crippen LogP contribution < -0.4 is 10.6 Å². The third kappa shape index (κ3) is 4.71. The molecule has 27 heavy (non-hydrogen) atoms. The smallest absolute Gasteiger partial charge is 0.255 e. The van der Waals surface area contributed by atoms with Crippen LogP contribution in [0.5, 0.6) is 0 Å². The van der Waals surface area contributed by atoms with Crippen LogP contribution in [0.4, 0.5) is 15.8 Å². The summed E-state index contributed by atoms with van der Waals surface area (Å²) in [6.07, 6.45) is 0. The van der Waals surface area contributed by atoms with Crippen molar-refractivity contribution in [1.29, 1.82) is 0 Å². The number of amides is 2. The lowest BCUT2D eigenvalue weighted by atomic mass is 10.1. The van der Waals surface area contributed by atoms with Gasteiger partial charge in [-0.05, 0) is 55.5 Å². The molecule has 136 valence electrons. The fraction of sp³-hybridized carbons (Fsp3) is 0.0476. The number of carbonyl (C=O) groups excluding carboxylic acids is 2. The number of nitrogens with one attached hydrogen (secondary N) is 2. The van der Waals surface area contributed by atoms with Crippen LogP contribution in [-0.4, -0.2) is 11.8 Å². The van der Waals surface area contributed by atoms with Crippen LogP contribution in [0.2, 0.25) is 5.02 Å². The van der Waals surface area contributed by atoms with Crippen molar-refractivity contribution in [1.82, 2.24) is 0 Å². The van der Waals surface area contributed by atoms with Crippen LogP contribution >= 0.6 is 11.6 Å². The topological polar surface area (TPSA) is 58.2 Å². The zero-order valence-electron chi connectivity index (χ0n) is 14.4. The molecule has 0 spiro atoms. The minimum atomic E-state index is -0.565. The normalized spacial score (nSPS) is 10.3. The summed E-state index contributed by atoms with van der Waals surface area (Å²) in [7, 11) is 0. The highest BCUT2D eigenvalue weighted by molar-refractivity contribution is 6.31. The van der Waals surface area contributed by atoms with Gasteiger partial charge in [-0.25, -0.2) is 4.39 Å². The molecule has 2 N–H and O–H groups in total. The van der Waals surface area contributed by atoms with Gasteiger partial charge in [0.15, 0.2) is 0 Å². The van der Waals surface area contributed by atoms with Crippen molar-refractivity contribution in [3.63, 3.8) is 0 Å². The Kier molecular flexibility index (Phi) is 5.52. The first kappa shape index (κ1) is 18.6. The van der Waals surface area contributed by atoms with E-state index in [1.54, 1.807) is 18.2 Å². The number of benzene rings is 3. The molecule has 3 rings (SSSR count). The Morgan fingerprint density at radius 2 is 1.37 bits per heavy atom. The molecule has 0 unspecified atom stereocenters. The van der Waals surface area contributed by atoms with Gasteiger partial charge in [-0.15, -0.1) is 0 Å². The molecule has 0 heterocycles. The summed E-state index contributed by atoms with van der Waals surface area (Å²) in [6, 6.07) is 17.6.